The zero-order chi connectivity index (χ0) is 23.3. The zero-order valence-corrected chi connectivity index (χ0v) is 20.3. The standard InChI is InChI=1S/C22H23N7O2S2/c1-12-16(15-5-6-28(2)26-15)17-18(23)22(33(30)8-7-31-4)32-21(17)25-19(12)13-9-14-11-29(3)27-20(14)24-10-13/h5-6,9-11H,7-8,23H2,1-4H3. The Hall–Kier alpha value is -2.99. The summed E-state index contributed by atoms with van der Waals surface area (Å²) in [4.78, 5) is 10.2. The smallest absolute Gasteiger partial charge is 0.232 e. The molecule has 0 aliphatic heterocycles. The van der Waals surface area contributed by atoms with Gasteiger partial charge in [0.2, 0.25) is 4.21 Å². The molecule has 0 fully saturated rings. The second-order valence-electron chi connectivity index (χ2n) is 7.80. The lowest BCUT2D eigenvalue weighted by Crippen LogP contribution is -2.11. The first-order valence-corrected chi connectivity index (χ1v) is 12.4. The van der Waals surface area contributed by atoms with Gasteiger partial charge in [-0.1, -0.05) is 11.3 Å². The van der Waals surface area contributed by atoms with E-state index in [0.717, 1.165) is 43.7 Å². The fourth-order valence-corrected chi connectivity index (χ4v) is 6.50. The molecule has 0 aliphatic rings. The van der Waals surface area contributed by atoms with Crippen LogP contribution in [0.25, 0.3) is 43.8 Å². The number of nitrogens with zero attached hydrogens (tertiary/aromatic N) is 6. The maximum absolute atomic E-state index is 12.9. The van der Waals surface area contributed by atoms with Gasteiger partial charge in [-0.3, -0.25) is 9.36 Å². The van der Waals surface area contributed by atoms with Crippen molar-refractivity contribution in [2.24, 2.45) is 14.1 Å². The summed E-state index contributed by atoms with van der Waals surface area (Å²) >= 11 is 0.0791. The predicted molar refractivity (Wildman–Crippen MR) is 132 cm³/mol. The number of nitrogen functional groups attached to an aromatic ring is 1. The van der Waals surface area contributed by atoms with E-state index in [1.165, 1.54) is 11.3 Å². The van der Waals surface area contributed by atoms with E-state index in [9.17, 15) is 4.55 Å². The number of pyridine rings is 2. The number of aromatic nitrogens is 6. The Labute approximate surface area is 197 Å². The van der Waals surface area contributed by atoms with E-state index in [-0.39, 0.29) is 0 Å². The molecule has 33 heavy (non-hydrogen) atoms. The van der Waals surface area contributed by atoms with Gasteiger partial charge in [0, 0.05) is 72.9 Å². The lowest BCUT2D eigenvalue weighted by molar-refractivity contribution is 0.217. The van der Waals surface area contributed by atoms with Gasteiger partial charge in [0.25, 0.3) is 0 Å². The van der Waals surface area contributed by atoms with Crippen molar-refractivity contribution in [2.75, 3.05) is 25.2 Å². The topological polar surface area (TPSA) is 120 Å². The van der Waals surface area contributed by atoms with Crippen LogP contribution < -0.4 is 5.73 Å². The molecule has 1 unspecified atom stereocenters. The number of rotatable bonds is 6. The van der Waals surface area contributed by atoms with Crippen molar-refractivity contribution in [3.8, 4) is 22.5 Å². The van der Waals surface area contributed by atoms with Crippen molar-refractivity contribution in [3.63, 3.8) is 0 Å². The lowest BCUT2D eigenvalue weighted by Gasteiger charge is -2.12. The van der Waals surface area contributed by atoms with Crippen molar-refractivity contribution < 1.29 is 9.29 Å². The van der Waals surface area contributed by atoms with Crippen molar-refractivity contribution in [1.82, 2.24) is 29.5 Å². The van der Waals surface area contributed by atoms with Gasteiger partial charge in [0.1, 0.15) is 16.3 Å². The third-order valence-corrected chi connectivity index (χ3v) is 8.36. The molecular formula is C22H23N7O2S2. The number of hydrogen-bond donors (Lipinski definition) is 1. The van der Waals surface area contributed by atoms with Crippen LogP contribution in [0.3, 0.4) is 0 Å². The number of anilines is 1. The van der Waals surface area contributed by atoms with Crippen molar-refractivity contribution in [2.45, 2.75) is 11.1 Å². The van der Waals surface area contributed by atoms with Gasteiger partial charge in [-0.05, 0) is 24.6 Å². The minimum atomic E-state index is -1.28. The maximum atomic E-state index is 12.9. The Morgan fingerprint density at radius 1 is 1.24 bits per heavy atom. The summed E-state index contributed by atoms with van der Waals surface area (Å²) in [7, 11) is 5.34. The number of fused-ring (bicyclic) bond motifs is 2. The van der Waals surface area contributed by atoms with Crippen LogP contribution in [0.1, 0.15) is 5.56 Å². The number of thiophene rings is 1. The van der Waals surface area contributed by atoms with Crippen LogP contribution in [0.15, 0.2) is 34.9 Å². The highest BCUT2D eigenvalue weighted by molar-refractivity contribution is 7.93. The molecule has 0 saturated carbocycles. The molecule has 0 spiro atoms. The monoisotopic (exact) mass is 481 g/mol. The number of aryl methyl sites for hydroxylation is 2. The van der Waals surface area contributed by atoms with Gasteiger partial charge >= 0.3 is 0 Å². The Balaban J connectivity index is 1.77. The maximum Gasteiger partial charge on any atom is 0.232 e. The molecule has 0 radical (unpaired) electrons. The summed E-state index contributed by atoms with van der Waals surface area (Å²) in [5.41, 5.74) is 12.0. The average molecular weight is 482 g/mol. The third-order valence-electron chi connectivity index (χ3n) is 5.48. The van der Waals surface area contributed by atoms with Crippen LogP contribution in [-0.2, 0) is 30.0 Å². The van der Waals surface area contributed by atoms with E-state index < -0.39 is 11.2 Å². The van der Waals surface area contributed by atoms with E-state index in [1.807, 2.05) is 45.5 Å². The molecule has 1 atom stereocenters. The van der Waals surface area contributed by atoms with Crippen LogP contribution in [-0.4, -0.2) is 53.6 Å². The predicted octanol–water partition coefficient (Wildman–Crippen LogP) is 3.29. The molecule has 2 N–H and O–H groups in total. The summed E-state index contributed by atoms with van der Waals surface area (Å²) in [6, 6.07) is 3.99. The second-order valence-corrected chi connectivity index (χ2v) is 10.6. The van der Waals surface area contributed by atoms with E-state index >= 15 is 0 Å². The molecule has 170 valence electrons. The Morgan fingerprint density at radius 2 is 2.06 bits per heavy atom. The van der Waals surface area contributed by atoms with Crippen LogP contribution in [0.2, 0.25) is 0 Å². The SMILES string of the molecule is COCC[S+]([O-])c1sc2nc(-c3cnc4nn(C)cc4c3)c(C)c(-c3ccn(C)n3)c2c1N. The fourth-order valence-electron chi connectivity index (χ4n) is 3.96. The second kappa shape index (κ2) is 8.41. The summed E-state index contributed by atoms with van der Waals surface area (Å²) in [5, 5.41) is 10.7. The quantitative estimate of drug-likeness (QED) is 0.370. The highest BCUT2D eigenvalue weighted by Gasteiger charge is 2.27. The van der Waals surface area contributed by atoms with Crippen LogP contribution >= 0.6 is 11.3 Å². The fraction of sp³-hybridized carbons (Fsp3) is 0.273. The van der Waals surface area contributed by atoms with E-state index in [1.54, 1.807) is 22.7 Å². The molecule has 0 bridgehead atoms. The molecule has 0 saturated heterocycles. The highest BCUT2D eigenvalue weighted by atomic mass is 32.2. The van der Waals surface area contributed by atoms with Gasteiger partial charge in [0.05, 0.1) is 18.0 Å². The highest BCUT2D eigenvalue weighted by Crippen LogP contribution is 2.45. The molecule has 0 aromatic carbocycles. The Bertz CT molecular complexity index is 1490. The van der Waals surface area contributed by atoms with Gasteiger partial charge in [-0.15, -0.1) is 0 Å². The Kier molecular flexibility index (Phi) is 5.57. The number of hydrogen-bond acceptors (Lipinski definition) is 8. The van der Waals surface area contributed by atoms with Crippen molar-refractivity contribution in [1.29, 1.82) is 0 Å². The summed E-state index contributed by atoms with van der Waals surface area (Å²) < 4.78 is 22.1. The summed E-state index contributed by atoms with van der Waals surface area (Å²) in [6.07, 6.45) is 5.61. The molecule has 5 aromatic rings. The minimum Gasteiger partial charge on any atom is -0.611 e. The first-order valence-electron chi connectivity index (χ1n) is 10.3. The third kappa shape index (κ3) is 3.76. The molecule has 5 heterocycles. The first kappa shape index (κ1) is 21.8. The number of ether oxygens (including phenoxy) is 1. The largest absolute Gasteiger partial charge is 0.611 e. The first-order chi connectivity index (χ1) is 15.9. The van der Waals surface area contributed by atoms with Crippen LogP contribution in [0.4, 0.5) is 5.69 Å². The van der Waals surface area contributed by atoms with Crippen molar-refractivity contribution >= 4 is 49.5 Å². The molecule has 11 heteroatoms. The Morgan fingerprint density at radius 3 is 2.79 bits per heavy atom. The summed E-state index contributed by atoms with van der Waals surface area (Å²) in [6.45, 7) is 2.40. The van der Waals surface area contributed by atoms with Crippen LogP contribution in [0.5, 0.6) is 0 Å². The minimum absolute atomic E-state index is 0.375. The van der Waals surface area contributed by atoms with E-state index in [4.69, 9.17) is 15.5 Å². The summed E-state index contributed by atoms with van der Waals surface area (Å²) in [5.74, 6) is 0.375. The molecule has 0 aliphatic carbocycles. The van der Waals surface area contributed by atoms with Gasteiger partial charge in [-0.25, -0.2) is 9.97 Å². The van der Waals surface area contributed by atoms with E-state index in [2.05, 4.69) is 15.2 Å². The molecule has 5 aromatic heterocycles. The van der Waals surface area contributed by atoms with Gasteiger partial charge in [-0.2, -0.15) is 10.2 Å². The number of methoxy groups -OCH3 is 1. The van der Waals surface area contributed by atoms with Crippen LogP contribution in [0, 0.1) is 6.92 Å². The molecular weight excluding hydrogens is 458 g/mol. The normalized spacial score (nSPS) is 12.8. The van der Waals surface area contributed by atoms with Gasteiger partial charge in [0.15, 0.2) is 5.65 Å². The average Bonchev–Trinajstić information content (AvgIpc) is 3.47. The van der Waals surface area contributed by atoms with E-state index in [0.29, 0.717) is 27.9 Å². The molecule has 5 rings (SSSR count). The molecule has 0 amide bonds. The lowest BCUT2D eigenvalue weighted by atomic mass is 9.98. The van der Waals surface area contributed by atoms with Gasteiger partial charge < -0.3 is 15.0 Å². The van der Waals surface area contributed by atoms with Crippen molar-refractivity contribution in [3.05, 3.63) is 36.3 Å². The number of nitrogens with two attached hydrogens (primary N) is 1. The zero-order valence-electron chi connectivity index (χ0n) is 18.7. The molecule has 9 nitrogen and oxygen atoms in total.